The summed E-state index contributed by atoms with van der Waals surface area (Å²) in [6.07, 6.45) is 2.03. The molecule has 0 aliphatic carbocycles. The average Bonchev–Trinajstić information content (AvgIpc) is 3.17. The Kier molecular flexibility index (Phi) is 4.78. The summed E-state index contributed by atoms with van der Waals surface area (Å²) in [4.78, 5) is 39.4. The highest BCUT2D eigenvalue weighted by Crippen LogP contribution is 2.27. The maximum absolute atomic E-state index is 12.8. The highest BCUT2D eigenvalue weighted by atomic mass is 16.5. The zero-order chi connectivity index (χ0) is 18.1. The molecule has 3 rings (SSSR count). The number of amides is 2. The van der Waals surface area contributed by atoms with Crippen LogP contribution in [0.15, 0.2) is 4.52 Å². The van der Waals surface area contributed by atoms with Crippen molar-refractivity contribution in [3.05, 3.63) is 17.0 Å². The van der Waals surface area contributed by atoms with E-state index in [0.717, 1.165) is 0 Å². The Morgan fingerprint density at radius 2 is 2.00 bits per heavy atom. The van der Waals surface area contributed by atoms with E-state index in [1.807, 2.05) is 6.92 Å². The Hall–Kier alpha value is -2.38. The predicted molar refractivity (Wildman–Crippen MR) is 87.0 cm³/mol. The summed E-state index contributed by atoms with van der Waals surface area (Å²) >= 11 is 0. The van der Waals surface area contributed by atoms with Crippen molar-refractivity contribution in [3.8, 4) is 0 Å². The van der Waals surface area contributed by atoms with E-state index in [2.05, 4.69) is 5.16 Å². The summed E-state index contributed by atoms with van der Waals surface area (Å²) in [6, 6.07) is 0.00937. The van der Waals surface area contributed by atoms with Gasteiger partial charge in [-0.15, -0.1) is 0 Å². The Balaban J connectivity index is 1.62. The fourth-order valence-corrected chi connectivity index (χ4v) is 3.72. The highest BCUT2D eigenvalue weighted by Gasteiger charge is 2.39. The molecule has 0 spiro atoms. The van der Waals surface area contributed by atoms with Gasteiger partial charge in [-0.2, -0.15) is 0 Å². The van der Waals surface area contributed by atoms with Gasteiger partial charge < -0.3 is 19.4 Å². The zero-order valence-corrected chi connectivity index (χ0v) is 14.5. The number of aryl methyl sites for hydroxylation is 2. The van der Waals surface area contributed by atoms with Gasteiger partial charge in [0.25, 0.3) is 5.91 Å². The second-order valence-corrected chi connectivity index (χ2v) is 6.72. The molecular weight excluding hydrogens is 326 g/mol. The van der Waals surface area contributed by atoms with Gasteiger partial charge in [-0.1, -0.05) is 12.1 Å². The summed E-state index contributed by atoms with van der Waals surface area (Å²) in [5, 5.41) is 13.0. The van der Waals surface area contributed by atoms with Crippen molar-refractivity contribution in [3.63, 3.8) is 0 Å². The molecule has 1 atom stereocenters. The maximum Gasteiger partial charge on any atom is 0.308 e. The number of rotatable bonds is 4. The van der Waals surface area contributed by atoms with Crippen LogP contribution >= 0.6 is 0 Å². The van der Waals surface area contributed by atoms with E-state index in [1.54, 1.807) is 16.7 Å². The minimum atomic E-state index is -0.918. The van der Waals surface area contributed by atoms with Crippen LogP contribution in [-0.2, 0) is 16.0 Å². The number of likely N-dealkylation sites (tertiary alicyclic amines) is 2. The van der Waals surface area contributed by atoms with Gasteiger partial charge in [0.15, 0.2) is 0 Å². The molecule has 136 valence electrons. The smallest absolute Gasteiger partial charge is 0.308 e. The molecular formula is C17H23N3O5. The molecule has 1 aromatic heterocycles. The lowest BCUT2D eigenvalue weighted by atomic mass is 10.0. The van der Waals surface area contributed by atoms with E-state index in [0.29, 0.717) is 49.4 Å². The topological polar surface area (TPSA) is 104 Å². The lowest BCUT2D eigenvalue weighted by Crippen LogP contribution is -2.47. The molecule has 2 aliphatic rings. The number of hydrogen-bond donors (Lipinski definition) is 1. The molecule has 8 nitrogen and oxygen atoms in total. The van der Waals surface area contributed by atoms with E-state index in [4.69, 9.17) is 9.63 Å². The van der Waals surface area contributed by atoms with Crippen molar-refractivity contribution >= 4 is 17.8 Å². The number of hydrogen-bond acceptors (Lipinski definition) is 5. The number of nitrogens with zero attached hydrogens (tertiary/aromatic N) is 3. The van der Waals surface area contributed by atoms with Crippen molar-refractivity contribution in [1.29, 1.82) is 0 Å². The van der Waals surface area contributed by atoms with Crippen molar-refractivity contribution in [1.82, 2.24) is 15.0 Å². The number of carbonyl (C=O) groups excluding carboxylic acids is 2. The van der Waals surface area contributed by atoms with E-state index < -0.39 is 11.9 Å². The Morgan fingerprint density at radius 3 is 2.56 bits per heavy atom. The van der Waals surface area contributed by atoms with Crippen LogP contribution in [0.2, 0.25) is 0 Å². The third-order valence-corrected chi connectivity index (χ3v) is 5.18. The molecule has 2 saturated heterocycles. The van der Waals surface area contributed by atoms with Crippen LogP contribution in [0.4, 0.5) is 0 Å². The van der Waals surface area contributed by atoms with E-state index in [-0.39, 0.29) is 30.8 Å². The van der Waals surface area contributed by atoms with Gasteiger partial charge >= 0.3 is 5.97 Å². The molecule has 0 radical (unpaired) electrons. The molecule has 2 aliphatic heterocycles. The van der Waals surface area contributed by atoms with Gasteiger partial charge in [0.1, 0.15) is 11.3 Å². The number of aliphatic carboxylic acids is 1. The van der Waals surface area contributed by atoms with Crippen molar-refractivity contribution in [2.45, 2.75) is 45.6 Å². The van der Waals surface area contributed by atoms with Crippen LogP contribution in [0.5, 0.6) is 0 Å². The lowest BCUT2D eigenvalue weighted by Gasteiger charge is -2.36. The summed E-state index contributed by atoms with van der Waals surface area (Å²) < 4.78 is 5.14. The van der Waals surface area contributed by atoms with Crippen molar-refractivity contribution in [2.75, 3.05) is 19.6 Å². The number of aromatic nitrogens is 1. The second kappa shape index (κ2) is 6.85. The molecule has 1 aromatic rings. The molecule has 1 unspecified atom stereocenters. The lowest BCUT2D eigenvalue weighted by molar-refractivity contribution is -0.141. The fraction of sp³-hybridized carbons (Fsp3) is 0.647. The molecule has 3 heterocycles. The van der Waals surface area contributed by atoms with Gasteiger partial charge in [-0.3, -0.25) is 14.4 Å². The first-order valence-electron chi connectivity index (χ1n) is 8.69. The van der Waals surface area contributed by atoms with Crippen LogP contribution in [0, 0.1) is 12.8 Å². The first kappa shape index (κ1) is 17.4. The van der Waals surface area contributed by atoms with E-state index in [9.17, 15) is 14.4 Å². The highest BCUT2D eigenvalue weighted by molar-refractivity contribution is 5.96. The van der Waals surface area contributed by atoms with E-state index in [1.165, 1.54) is 0 Å². The molecule has 25 heavy (non-hydrogen) atoms. The third-order valence-electron chi connectivity index (χ3n) is 5.18. The fourth-order valence-electron chi connectivity index (χ4n) is 3.72. The summed E-state index contributed by atoms with van der Waals surface area (Å²) in [5.74, 6) is -1.18. The predicted octanol–water partition coefficient (Wildman–Crippen LogP) is 1.08. The molecule has 0 aromatic carbocycles. The molecule has 0 bridgehead atoms. The number of carbonyl (C=O) groups is 3. The molecule has 2 fully saturated rings. The second-order valence-electron chi connectivity index (χ2n) is 6.72. The van der Waals surface area contributed by atoms with Crippen molar-refractivity contribution in [2.24, 2.45) is 5.92 Å². The van der Waals surface area contributed by atoms with Gasteiger partial charge in [-0.25, -0.2) is 0 Å². The molecule has 0 saturated carbocycles. The van der Waals surface area contributed by atoms with Gasteiger partial charge in [0.2, 0.25) is 5.91 Å². The standard InChI is InChI=1S/C17H23N3O5/c1-3-13-15(10(2)25-18-13)16(22)19-6-4-12(5-7-19)20-9-11(17(23)24)8-14(20)21/h11-12H,3-9H2,1-2H3,(H,23,24). The van der Waals surface area contributed by atoms with Crippen LogP contribution in [-0.4, -0.2) is 63.5 Å². The molecule has 2 amide bonds. The van der Waals surface area contributed by atoms with Crippen LogP contribution in [0.25, 0.3) is 0 Å². The summed E-state index contributed by atoms with van der Waals surface area (Å²) in [6.45, 7) is 5.02. The molecule has 8 heteroatoms. The molecule has 1 N–H and O–H groups in total. The zero-order valence-electron chi connectivity index (χ0n) is 14.5. The van der Waals surface area contributed by atoms with Crippen LogP contribution < -0.4 is 0 Å². The first-order chi connectivity index (χ1) is 11.9. The quantitative estimate of drug-likeness (QED) is 0.872. The first-order valence-corrected chi connectivity index (χ1v) is 8.69. The van der Waals surface area contributed by atoms with Gasteiger partial charge in [-0.05, 0) is 26.2 Å². The number of piperidine rings is 1. The SMILES string of the molecule is CCc1noc(C)c1C(=O)N1CCC(N2CC(C(=O)O)CC2=O)CC1. The minimum absolute atomic E-state index is 0.00937. The van der Waals surface area contributed by atoms with Crippen LogP contribution in [0.3, 0.4) is 0 Å². The Morgan fingerprint density at radius 1 is 1.32 bits per heavy atom. The van der Waals surface area contributed by atoms with E-state index >= 15 is 0 Å². The summed E-state index contributed by atoms with van der Waals surface area (Å²) in [7, 11) is 0. The number of carboxylic acids is 1. The largest absolute Gasteiger partial charge is 0.481 e. The minimum Gasteiger partial charge on any atom is -0.481 e. The van der Waals surface area contributed by atoms with Crippen LogP contribution in [0.1, 0.15) is 48.0 Å². The Labute approximate surface area is 145 Å². The normalized spacial score (nSPS) is 21.8. The van der Waals surface area contributed by atoms with Gasteiger partial charge in [0, 0.05) is 32.1 Å². The van der Waals surface area contributed by atoms with Crippen molar-refractivity contribution < 1.29 is 24.0 Å². The maximum atomic E-state index is 12.8. The Bertz CT molecular complexity index is 690. The van der Waals surface area contributed by atoms with Gasteiger partial charge in [0.05, 0.1) is 11.6 Å². The summed E-state index contributed by atoms with van der Waals surface area (Å²) in [5.41, 5.74) is 1.22. The third kappa shape index (κ3) is 3.25. The monoisotopic (exact) mass is 349 g/mol. The average molecular weight is 349 g/mol. The number of carboxylic acid groups (broad SMARTS) is 1.